The number of hydrogen-bond donors (Lipinski definition) is 2. The Hall–Kier alpha value is -0.710. The summed E-state index contributed by atoms with van der Waals surface area (Å²) in [5, 5.41) is 3.66. The summed E-state index contributed by atoms with van der Waals surface area (Å²) in [6, 6.07) is 8.81. The van der Waals surface area contributed by atoms with Crippen LogP contribution in [0.25, 0.3) is 0 Å². The Kier molecular flexibility index (Phi) is 10.4. The van der Waals surface area contributed by atoms with E-state index in [0.717, 1.165) is 32.4 Å². The molecule has 0 saturated heterocycles. The molecule has 0 aliphatic carbocycles. The zero-order chi connectivity index (χ0) is 16.2. The molecule has 4 heteroatoms. The lowest BCUT2D eigenvalue weighted by atomic mass is 10.1. The van der Waals surface area contributed by atoms with Crippen LogP contribution in [0, 0.1) is 0 Å². The van der Waals surface area contributed by atoms with Gasteiger partial charge in [0.15, 0.2) is 0 Å². The first kappa shape index (κ1) is 19.3. The fraction of sp³-hybridized carbons (Fsp3) is 0.667. The summed E-state index contributed by atoms with van der Waals surface area (Å²) in [6.45, 7) is 8.02. The van der Waals surface area contributed by atoms with Crippen molar-refractivity contribution in [3.63, 3.8) is 0 Å². The summed E-state index contributed by atoms with van der Waals surface area (Å²) in [5.74, 6) is 0. The minimum Gasteiger partial charge on any atom is -0.598 e. The van der Waals surface area contributed by atoms with Gasteiger partial charge in [-0.05, 0) is 57.2 Å². The lowest BCUT2D eigenvalue weighted by Crippen LogP contribution is -2.31. The van der Waals surface area contributed by atoms with E-state index < -0.39 is 11.4 Å². The Morgan fingerprint density at radius 1 is 1.00 bits per heavy atom. The highest BCUT2D eigenvalue weighted by atomic mass is 32.2. The average Bonchev–Trinajstić information content (AvgIpc) is 2.52. The van der Waals surface area contributed by atoms with Crippen LogP contribution in [0.1, 0.15) is 58.4 Å². The van der Waals surface area contributed by atoms with Crippen molar-refractivity contribution in [2.24, 2.45) is 0 Å². The minimum atomic E-state index is -0.879. The van der Waals surface area contributed by atoms with E-state index in [1.165, 1.54) is 30.5 Å². The van der Waals surface area contributed by atoms with Crippen LogP contribution in [-0.4, -0.2) is 22.9 Å². The molecule has 2 N–H and O–H groups in total. The summed E-state index contributed by atoms with van der Waals surface area (Å²) in [7, 11) is 0. The van der Waals surface area contributed by atoms with Crippen LogP contribution in [-0.2, 0) is 17.8 Å². The molecule has 1 aromatic rings. The summed E-state index contributed by atoms with van der Waals surface area (Å²) in [5.41, 5.74) is 2.64. The third-order valence-electron chi connectivity index (χ3n) is 3.63. The predicted molar refractivity (Wildman–Crippen MR) is 98.7 cm³/mol. The quantitative estimate of drug-likeness (QED) is 0.446. The van der Waals surface area contributed by atoms with Crippen molar-refractivity contribution in [2.45, 2.75) is 64.5 Å². The first-order valence-corrected chi connectivity index (χ1v) is 9.81. The normalized spacial score (nSPS) is 12.6. The molecule has 1 unspecified atom stereocenters. The molecule has 126 valence electrons. The topological polar surface area (TPSA) is 47.1 Å². The summed E-state index contributed by atoms with van der Waals surface area (Å²) in [6.07, 6.45) is 7.08. The number of benzene rings is 1. The van der Waals surface area contributed by atoms with Gasteiger partial charge in [-0.25, -0.2) is 0 Å². The smallest absolute Gasteiger partial charge is 0.129 e. The molecule has 0 aliphatic heterocycles. The van der Waals surface area contributed by atoms with Crippen molar-refractivity contribution in [1.29, 1.82) is 0 Å². The molecule has 0 amide bonds. The predicted octanol–water partition coefficient (Wildman–Crippen LogP) is 4.27. The molecule has 0 saturated carbocycles. The highest BCUT2D eigenvalue weighted by Gasteiger charge is 2.09. The molecule has 0 fully saturated rings. The fourth-order valence-corrected chi connectivity index (χ4v) is 2.85. The standard InChI is InChI=1S/C18H32N2OS/c1-4-5-9-17-10-12-18(13-11-17)19-14-7-6-8-15-20-22(21)16(2)3/h10-13,16,19-20H,4-9,14-15H2,1-3H3. The van der Waals surface area contributed by atoms with Crippen molar-refractivity contribution in [3.05, 3.63) is 29.8 Å². The van der Waals surface area contributed by atoms with Gasteiger partial charge in [-0.15, -0.1) is 4.72 Å². The lowest BCUT2D eigenvalue weighted by molar-refractivity contribution is 0.566. The second-order valence-corrected chi connectivity index (χ2v) is 7.85. The van der Waals surface area contributed by atoms with Gasteiger partial charge in [0.1, 0.15) is 5.25 Å². The van der Waals surface area contributed by atoms with Crippen molar-refractivity contribution in [3.8, 4) is 0 Å². The Bertz CT molecular complexity index is 381. The second-order valence-electron chi connectivity index (χ2n) is 6.03. The molecule has 0 radical (unpaired) electrons. The number of rotatable bonds is 12. The molecule has 3 nitrogen and oxygen atoms in total. The number of anilines is 1. The fourth-order valence-electron chi connectivity index (χ4n) is 2.17. The van der Waals surface area contributed by atoms with Crippen LogP contribution in [0.5, 0.6) is 0 Å². The van der Waals surface area contributed by atoms with Crippen molar-refractivity contribution in [1.82, 2.24) is 4.72 Å². The summed E-state index contributed by atoms with van der Waals surface area (Å²) >= 11 is -0.879. The molecule has 1 rings (SSSR count). The third-order valence-corrected chi connectivity index (χ3v) is 4.97. The van der Waals surface area contributed by atoms with E-state index >= 15 is 0 Å². The van der Waals surface area contributed by atoms with Crippen LogP contribution in [0.3, 0.4) is 0 Å². The van der Waals surface area contributed by atoms with E-state index in [2.05, 4.69) is 41.2 Å². The second kappa shape index (κ2) is 11.8. The van der Waals surface area contributed by atoms with E-state index in [1.807, 2.05) is 13.8 Å². The van der Waals surface area contributed by atoms with Gasteiger partial charge < -0.3 is 9.87 Å². The van der Waals surface area contributed by atoms with Gasteiger partial charge in [-0.2, -0.15) is 0 Å². The van der Waals surface area contributed by atoms with Crippen LogP contribution in [0.4, 0.5) is 5.69 Å². The van der Waals surface area contributed by atoms with Crippen molar-refractivity contribution in [2.75, 3.05) is 18.4 Å². The Balaban J connectivity index is 2.05. The van der Waals surface area contributed by atoms with Gasteiger partial charge in [-0.3, -0.25) is 0 Å². The molecule has 1 atom stereocenters. The van der Waals surface area contributed by atoms with Gasteiger partial charge in [-0.1, -0.05) is 31.9 Å². The van der Waals surface area contributed by atoms with Crippen LogP contribution >= 0.6 is 0 Å². The van der Waals surface area contributed by atoms with Crippen molar-refractivity contribution >= 4 is 17.0 Å². The maximum atomic E-state index is 11.5. The van der Waals surface area contributed by atoms with Crippen LogP contribution in [0.2, 0.25) is 0 Å². The SMILES string of the molecule is CCCCc1ccc(NCCCCCN[S+]([O-])C(C)C)cc1. The maximum absolute atomic E-state index is 11.5. The lowest BCUT2D eigenvalue weighted by Gasteiger charge is -2.14. The maximum Gasteiger partial charge on any atom is 0.129 e. The Labute approximate surface area is 139 Å². The zero-order valence-corrected chi connectivity index (χ0v) is 15.2. The molecular formula is C18H32N2OS. The first-order valence-electron chi connectivity index (χ1n) is 8.60. The van der Waals surface area contributed by atoms with E-state index in [9.17, 15) is 4.55 Å². The molecule has 0 aliphatic rings. The van der Waals surface area contributed by atoms with Crippen LogP contribution < -0.4 is 10.0 Å². The third kappa shape index (κ3) is 8.66. The number of unbranched alkanes of at least 4 members (excludes halogenated alkanes) is 3. The highest BCUT2D eigenvalue weighted by Crippen LogP contribution is 2.12. The molecule has 0 spiro atoms. The zero-order valence-electron chi connectivity index (χ0n) is 14.4. The number of hydrogen-bond acceptors (Lipinski definition) is 3. The Morgan fingerprint density at radius 3 is 2.32 bits per heavy atom. The van der Waals surface area contributed by atoms with Gasteiger partial charge in [0, 0.05) is 30.1 Å². The minimum absolute atomic E-state index is 0.196. The molecule has 0 heterocycles. The molecule has 0 aromatic heterocycles. The largest absolute Gasteiger partial charge is 0.598 e. The van der Waals surface area contributed by atoms with E-state index in [4.69, 9.17) is 0 Å². The molecule has 1 aromatic carbocycles. The Morgan fingerprint density at radius 2 is 1.68 bits per heavy atom. The molecule has 22 heavy (non-hydrogen) atoms. The summed E-state index contributed by atoms with van der Waals surface area (Å²) < 4.78 is 14.6. The highest BCUT2D eigenvalue weighted by molar-refractivity contribution is 7.90. The first-order chi connectivity index (χ1) is 10.6. The van der Waals surface area contributed by atoms with E-state index in [1.54, 1.807) is 0 Å². The van der Waals surface area contributed by atoms with Gasteiger partial charge in [0.2, 0.25) is 0 Å². The van der Waals surface area contributed by atoms with Gasteiger partial charge in [0.25, 0.3) is 0 Å². The average molecular weight is 325 g/mol. The van der Waals surface area contributed by atoms with Gasteiger partial charge in [0.05, 0.1) is 0 Å². The number of aryl methyl sites for hydroxylation is 1. The number of nitrogens with one attached hydrogen (secondary N) is 2. The molecule has 0 bridgehead atoms. The van der Waals surface area contributed by atoms with Crippen LogP contribution in [0.15, 0.2) is 24.3 Å². The monoisotopic (exact) mass is 324 g/mol. The van der Waals surface area contributed by atoms with E-state index in [-0.39, 0.29) is 5.25 Å². The molecular weight excluding hydrogens is 292 g/mol. The summed E-state index contributed by atoms with van der Waals surface area (Å²) in [4.78, 5) is 0. The van der Waals surface area contributed by atoms with E-state index in [0.29, 0.717) is 0 Å². The van der Waals surface area contributed by atoms with Crippen molar-refractivity contribution < 1.29 is 4.55 Å². The van der Waals surface area contributed by atoms with Gasteiger partial charge >= 0.3 is 0 Å².